The molecule has 1 aliphatic rings. The first-order chi connectivity index (χ1) is 11.1. The Morgan fingerprint density at radius 2 is 1.87 bits per heavy atom. The van der Waals surface area contributed by atoms with Crippen molar-refractivity contribution in [3.63, 3.8) is 0 Å². The van der Waals surface area contributed by atoms with Gasteiger partial charge in [-0.1, -0.05) is 32.0 Å². The summed E-state index contributed by atoms with van der Waals surface area (Å²) < 4.78 is 11.0. The summed E-state index contributed by atoms with van der Waals surface area (Å²) >= 11 is 0. The highest BCUT2D eigenvalue weighted by molar-refractivity contribution is 5.40. The molecule has 2 rings (SSSR count). The quantitative estimate of drug-likeness (QED) is 0.805. The first-order valence-corrected chi connectivity index (χ1v) is 8.06. The molecule has 1 atom stereocenters. The molecule has 2 N–H and O–H groups in total. The summed E-state index contributed by atoms with van der Waals surface area (Å²) in [5.41, 5.74) is 1.55. The monoisotopic (exact) mass is 319 g/mol. The Morgan fingerprint density at radius 3 is 2.39 bits per heavy atom. The number of ether oxygens (including phenoxy) is 2. The molecule has 23 heavy (non-hydrogen) atoms. The first kappa shape index (κ1) is 17.9. The van der Waals surface area contributed by atoms with Gasteiger partial charge in [-0.3, -0.25) is 0 Å². The normalized spacial score (nSPS) is 18.1. The molecular formula is C18H25NO4. The van der Waals surface area contributed by atoms with Crippen LogP contribution >= 0.6 is 0 Å². The molecule has 0 radical (unpaired) electrons. The van der Waals surface area contributed by atoms with E-state index in [0.29, 0.717) is 37.2 Å². The lowest BCUT2D eigenvalue weighted by Crippen LogP contribution is -2.32. The summed E-state index contributed by atoms with van der Waals surface area (Å²) in [6, 6.07) is 8.00. The minimum absolute atomic E-state index is 0.0976. The fourth-order valence-corrected chi connectivity index (χ4v) is 3.14. The molecule has 0 bridgehead atoms. The molecule has 0 aliphatic carbocycles. The van der Waals surface area contributed by atoms with E-state index in [9.17, 15) is 15.5 Å². The van der Waals surface area contributed by atoms with Crippen molar-refractivity contribution in [2.45, 2.75) is 51.6 Å². The molecule has 0 spiro atoms. The highest BCUT2D eigenvalue weighted by atomic mass is 16.7. The van der Waals surface area contributed by atoms with Gasteiger partial charge in [-0.2, -0.15) is 5.26 Å². The average molecular weight is 319 g/mol. The topological polar surface area (TPSA) is 82.7 Å². The summed E-state index contributed by atoms with van der Waals surface area (Å²) in [5, 5.41) is 28.8. The minimum atomic E-state index is -0.673. The first-order valence-electron chi connectivity index (χ1n) is 8.06. The molecule has 126 valence electrons. The molecule has 1 aromatic rings. The zero-order valence-electron chi connectivity index (χ0n) is 13.8. The predicted octanol–water partition coefficient (Wildman–Crippen LogP) is 2.24. The van der Waals surface area contributed by atoms with Gasteiger partial charge in [0.05, 0.1) is 37.9 Å². The van der Waals surface area contributed by atoms with Crippen molar-refractivity contribution in [2.24, 2.45) is 5.92 Å². The fourth-order valence-electron chi connectivity index (χ4n) is 3.14. The van der Waals surface area contributed by atoms with Crippen molar-refractivity contribution in [3.8, 4) is 6.07 Å². The minimum Gasteiger partial charge on any atom is -0.392 e. The maximum absolute atomic E-state index is 9.92. The van der Waals surface area contributed by atoms with E-state index in [-0.39, 0.29) is 25.4 Å². The lowest BCUT2D eigenvalue weighted by Gasteiger charge is -2.32. The Balaban J connectivity index is 2.31. The lowest BCUT2D eigenvalue weighted by atomic mass is 9.69. The predicted molar refractivity (Wildman–Crippen MR) is 85.3 cm³/mol. The van der Waals surface area contributed by atoms with Crippen molar-refractivity contribution < 1.29 is 19.7 Å². The van der Waals surface area contributed by atoms with Gasteiger partial charge in [-0.25, -0.2) is 0 Å². The van der Waals surface area contributed by atoms with Crippen molar-refractivity contribution >= 4 is 0 Å². The van der Waals surface area contributed by atoms with Gasteiger partial charge in [0.25, 0.3) is 0 Å². The number of benzene rings is 1. The van der Waals surface area contributed by atoms with Crippen LogP contribution in [0.15, 0.2) is 18.2 Å². The fraction of sp³-hybridized carbons (Fsp3) is 0.611. The second kappa shape index (κ2) is 7.89. The number of nitrogens with zero attached hydrogens (tertiary/aromatic N) is 1. The third-order valence-electron chi connectivity index (χ3n) is 4.71. The number of hydrogen-bond acceptors (Lipinski definition) is 5. The van der Waals surface area contributed by atoms with Gasteiger partial charge >= 0.3 is 0 Å². The van der Waals surface area contributed by atoms with E-state index in [1.54, 1.807) is 6.07 Å². The van der Waals surface area contributed by atoms with Crippen molar-refractivity contribution in [2.75, 3.05) is 13.2 Å². The van der Waals surface area contributed by atoms with Crippen molar-refractivity contribution in [1.82, 2.24) is 0 Å². The summed E-state index contributed by atoms with van der Waals surface area (Å²) in [7, 11) is 0. The van der Waals surface area contributed by atoms with E-state index >= 15 is 0 Å². The number of rotatable bonds is 7. The van der Waals surface area contributed by atoms with E-state index in [1.165, 1.54) is 0 Å². The molecule has 1 saturated heterocycles. The standard InChI is InChI=1S/C18H25NO4/c1-13(2)18(12-19,6-5-17-22-7-8-23-17)16-4-3-14(10-20)15(9-16)11-21/h3-4,9,13,17,20-21H,5-8,10-11H2,1-2H3. The van der Waals surface area contributed by atoms with Gasteiger partial charge in [-0.05, 0) is 29.0 Å². The SMILES string of the molecule is CC(C)C(C#N)(CCC1OCCO1)c1ccc(CO)c(CO)c1. The number of nitriles is 1. The Labute approximate surface area is 137 Å². The molecule has 1 unspecified atom stereocenters. The molecule has 0 aromatic heterocycles. The second-order valence-electron chi connectivity index (χ2n) is 6.25. The van der Waals surface area contributed by atoms with Crippen LogP contribution in [0.4, 0.5) is 0 Å². The molecule has 0 amide bonds. The van der Waals surface area contributed by atoms with Crippen LogP contribution < -0.4 is 0 Å². The van der Waals surface area contributed by atoms with E-state index in [2.05, 4.69) is 6.07 Å². The van der Waals surface area contributed by atoms with Gasteiger partial charge in [0.15, 0.2) is 6.29 Å². The van der Waals surface area contributed by atoms with E-state index in [4.69, 9.17) is 9.47 Å². The Kier molecular flexibility index (Phi) is 6.14. The van der Waals surface area contributed by atoms with Crippen LogP contribution in [0.3, 0.4) is 0 Å². The maximum Gasteiger partial charge on any atom is 0.157 e. The van der Waals surface area contributed by atoms with Crippen LogP contribution in [0.2, 0.25) is 0 Å². The van der Waals surface area contributed by atoms with Gasteiger partial charge < -0.3 is 19.7 Å². The molecule has 5 nitrogen and oxygen atoms in total. The zero-order valence-corrected chi connectivity index (χ0v) is 13.8. The summed E-state index contributed by atoms with van der Waals surface area (Å²) in [6.07, 6.45) is 1.03. The van der Waals surface area contributed by atoms with E-state index < -0.39 is 5.41 Å². The molecule has 0 saturated carbocycles. The summed E-state index contributed by atoms with van der Waals surface area (Å²) in [4.78, 5) is 0. The van der Waals surface area contributed by atoms with Crippen LogP contribution in [0, 0.1) is 17.2 Å². The largest absolute Gasteiger partial charge is 0.392 e. The molecule has 1 heterocycles. The maximum atomic E-state index is 9.92. The number of aliphatic hydroxyl groups excluding tert-OH is 2. The van der Waals surface area contributed by atoms with Gasteiger partial charge in [0.1, 0.15) is 0 Å². The van der Waals surface area contributed by atoms with Gasteiger partial charge in [-0.15, -0.1) is 0 Å². The molecular weight excluding hydrogens is 294 g/mol. The Morgan fingerprint density at radius 1 is 1.22 bits per heavy atom. The van der Waals surface area contributed by atoms with Crippen molar-refractivity contribution in [3.05, 3.63) is 34.9 Å². The Hall–Kier alpha value is -1.45. The highest BCUT2D eigenvalue weighted by Crippen LogP contribution is 2.38. The molecule has 5 heteroatoms. The van der Waals surface area contributed by atoms with Crippen LogP contribution in [0.5, 0.6) is 0 Å². The van der Waals surface area contributed by atoms with E-state index in [0.717, 1.165) is 5.56 Å². The molecule has 1 fully saturated rings. The second-order valence-corrected chi connectivity index (χ2v) is 6.25. The number of aliphatic hydroxyl groups is 2. The summed E-state index contributed by atoms with van der Waals surface area (Å²) in [6.45, 7) is 4.98. The Bertz CT molecular complexity index is 561. The number of hydrogen-bond donors (Lipinski definition) is 2. The van der Waals surface area contributed by atoms with Gasteiger partial charge in [0.2, 0.25) is 0 Å². The summed E-state index contributed by atoms with van der Waals surface area (Å²) in [5.74, 6) is 0.0976. The van der Waals surface area contributed by atoms with Crippen LogP contribution in [0.1, 0.15) is 43.4 Å². The average Bonchev–Trinajstić information content (AvgIpc) is 3.08. The zero-order chi connectivity index (χ0) is 16.9. The van der Waals surface area contributed by atoms with Crippen LogP contribution in [0.25, 0.3) is 0 Å². The molecule has 1 aliphatic heterocycles. The van der Waals surface area contributed by atoms with Crippen molar-refractivity contribution in [1.29, 1.82) is 5.26 Å². The van der Waals surface area contributed by atoms with Gasteiger partial charge in [0, 0.05) is 6.42 Å². The lowest BCUT2D eigenvalue weighted by molar-refractivity contribution is -0.0510. The smallest absolute Gasteiger partial charge is 0.157 e. The van der Waals surface area contributed by atoms with Crippen LogP contribution in [-0.4, -0.2) is 29.7 Å². The molecule has 1 aromatic carbocycles. The van der Waals surface area contributed by atoms with E-state index in [1.807, 2.05) is 26.0 Å². The highest BCUT2D eigenvalue weighted by Gasteiger charge is 2.37. The van der Waals surface area contributed by atoms with Crippen LogP contribution in [-0.2, 0) is 28.1 Å². The third-order valence-corrected chi connectivity index (χ3v) is 4.71. The third kappa shape index (κ3) is 3.73.